The van der Waals surface area contributed by atoms with E-state index in [2.05, 4.69) is 0 Å². The predicted molar refractivity (Wildman–Crippen MR) is 64.0 cm³/mol. The molecule has 0 spiro atoms. The first-order valence-corrected chi connectivity index (χ1v) is 5.77. The van der Waals surface area contributed by atoms with Crippen LogP contribution in [0.3, 0.4) is 0 Å². The monoisotopic (exact) mass is 261 g/mol. The molecule has 5 heteroatoms. The molecule has 0 aliphatic rings. The van der Waals surface area contributed by atoms with Crippen molar-refractivity contribution in [3.63, 3.8) is 0 Å². The molecule has 0 heterocycles. The molecule has 2 nitrogen and oxygen atoms in total. The van der Waals surface area contributed by atoms with Gasteiger partial charge in [0.2, 0.25) is 0 Å². The molecule has 1 unspecified atom stereocenters. The molecule has 0 aliphatic heterocycles. The Balaban J connectivity index is 2.87. The van der Waals surface area contributed by atoms with Crippen molar-refractivity contribution in [1.29, 1.82) is 0 Å². The number of aliphatic hydroxyl groups is 1. The van der Waals surface area contributed by atoms with Crippen molar-refractivity contribution in [2.45, 2.75) is 32.0 Å². The lowest BCUT2D eigenvalue weighted by Crippen LogP contribution is -2.44. The molecule has 3 N–H and O–H groups in total. The quantitative estimate of drug-likeness (QED) is 0.875. The van der Waals surface area contributed by atoms with Gasteiger partial charge in [0.15, 0.2) is 0 Å². The van der Waals surface area contributed by atoms with Crippen LogP contribution in [0.15, 0.2) is 24.3 Å². The van der Waals surface area contributed by atoms with Crippen molar-refractivity contribution in [3.05, 3.63) is 35.4 Å². The van der Waals surface area contributed by atoms with E-state index in [4.69, 9.17) is 5.73 Å². The maximum absolute atomic E-state index is 12.4. The van der Waals surface area contributed by atoms with E-state index >= 15 is 0 Å². The van der Waals surface area contributed by atoms with Crippen LogP contribution < -0.4 is 5.73 Å². The molecule has 0 radical (unpaired) electrons. The second-order valence-corrected chi connectivity index (χ2v) is 4.83. The summed E-state index contributed by atoms with van der Waals surface area (Å²) in [5.41, 5.74) is 4.40. The number of hydrogen-bond donors (Lipinski definition) is 2. The summed E-state index contributed by atoms with van der Waals surface area (Å²) in [4.78, 5) is 0. The zero-order valence-corrected chi connectivity index (χ0v) is 10.5. The van der Waals surface area contributed by atoms with Gasteiger partial charge < -0.3 is 10.8 Å². The largest absolute Gasteiger partial charge is 0.416 e. The molecule has 0 amide bonds. The van der Waals surface area contributed by atoms with Gasteiger partial charge in [0.25, 0.3) is 0 Å². The summed E-state index contributed by atoms with van der Waals surface area (Å²) in [5.74, 6) is -0.0650. The summed E-state index contributed by atoms with van der Waals surface area (Å²) in [6.45, 7) is 3.74. The van der Waals surface area contributed by atoms with Crippen LogP contribution in [0.5, 0.6) is 0 Å². The maximum atomic E-state index is 12.4. The van der Waals surface area contributed by atoms with Gasteiger partial charge in [-0.3, -0.25) is 0 Å². The van der Waals surface area contributed by atoms with Crippen molar-refractivity contribution in [3.8, 4) is 0 Å². The van der Waals surface area contributed by atoms with Gasteiger partial charge in [-0.15, -0.1) is 0 Å². The van der Waals surface area contributed by atoms with Gasteiger partial charge in [0, 0.05) is 13.0 Å². The van der Waals surface area contributed by atoms with Crippen molar-refractivity contribution in [2.24, 2.45) is 11.7 Å². The lowest BCUT2D eigenvalue weighted by atomic mass is 9.84. The van der Waals surface area contributed by atoms with Gasteiger partial charge in [-0.05, 0) is 23.6 Å². The van der Waals surface area contributed by atoms with E-state index in [-0.39, 0.29) is 18.9 Å². The van der Waals surface area contributed by atoms with Crippen LogP contribution in [-0.4, -0.2) is 17.3 Å². The third-order valence-corrected chi connectivity index (χ3v) is 3.22. The number of hydrogen-bond acceptors (Lipinski definition) is 2. The van der Waals surface area contributed by atoms with Crippen molar-refractivity contribution in [2.75, 3.05) is 6.54 Å². The molecule has 1 aromatic carbocycles. The molecule has 102 valence electrons. The van der Waals surface area contributed by atoms with Crippen LogP contribution in [-0.2, 0) is 12.6 Å². The van der Waals surface area contributed by atoms with E-state index in [1.807, 2.05) is 13.8 Å². The standard InChI is InChI=1S/C13H18F3NO/c1-9(2)12(18,8-17)7-10-3-5-11(6-4-10)13(14,15)16/h3-6,9,18H,7-8,17H2,1-2H3. The van der Waals surface area contributed by atoms with Crippen LogP contribution >= 0.6 is 0 Å². The normalized spacial score (nSPS) is 15.8. The fraction of sp³-hybridized carbons (Fsp3) is 0.538. The number of rotatable bonds is 4. The minimum atomic E-state index is -4.33. The van der Waals surface area contributed by atoms with Crippen LogP contribution in [0.1, 0.15) is 25.0 Å². The number of nitrogens with two attached hydrogens (primary N) is 1. The molecule has 0 saturated heterocycles. The zero-order valence-electron chi connectivity index (χ0n) is 10.5. The highest BCUT2D eigenvalue weighted by Gasteiger charge is 2.32. The molecule has 1 atom stereocenters. The summed E-state index contributed by atoms with van der Waals surface area (Å²) in [6.07, 6.45) is -4.08. The Labute approximate surface area is 105 Å². The summed E-state index contributed by atoms with van der Waals surface area (Å²) in [5, 5.41) is 10.2. The maximum Gasteiger partial charge on any atom is 0.416 e. The topological polar surface area (TPSA) is 46.2 Å². The summed E-state index contributed by atoms with van der Waals surface area (Å²) < 4.78 is 37.1. The minimum absolute atomic E-state index is 0.0650. The molecule has 18 heavy (non-hydrogen) atoms. The van der Waals surface area contributed by atoms with Crippen LogP contribution in [0.2, 0.25) is 0 Å². The Bertz CT molecular complexity index is 386. The van der Waals surface area contributed by atoms with Crippen LogP contribution in [0.25, 0.3) is 0 Å². The average Bonchev–Trinajstić information content (AvgIpc) is 2.28. The van der Waals surface area contributed by atoms with E-state index < -0.39 is 17.3 Å². The summed E-state index contributed by atoms with van der Waals surface area (Å²) in [6, 6.07) is 4.80. The SMILES string of the molecule is CC(C)C(O)(CN)Cc1ccc(C(F)(F)F)cc1. The Morgan fingerprint density at radius 1 is 1.17 bits per heavy atom. The molecule has 0 bridgehead atoms. The van der Waals surface area contributed by atoms with Crippen molar-refractivity contribution < 1.29 is 18.3 Å². The lowest BCUT2D eigenvalue weighted by Gasteiger charge is -2.31. The highest BCUT2D eigenvalue weighted by atomic mass is 19.4. The first kappa shape index (κ1) is 15.0. The average molecular weight is 261 g/mol. The van der Waals surface area contributed by atoms with E-state index in [0.29, 0.717) is 5.56 Å². The molecule has 0 aliphatic carbocycles. The second kappa shape index (κ2) is 5.28. The van der Waals surface area contributed by atoms with Gasteiger partial charge in [-0.1, -0.05) is 26.0 Å². The number of alkyl halides is 3. The van der Waals surface area contributed by atoms with Crippen molar-refractivity contribution >= 4 is 0 Å². The fourth-order valence-electron chi connectivity index (χ4n) is 1.68. The molecular weight excluding hydrogens is 243 g/mol. The first-order chi connectivity index (χ1) is 8.19. The zero-order chi connectivity index (χ0) is 14.0. The lowest BCUT2D eigenvalue weighted by molar-refractivity contribution is -0.137. The Morgan fingerprint density at radius 3 is 2.00 bits per heavy atom. The van der Waals surface area contributed by atoms with Crippen LogP contribution in [0.4, 0.5) is 13.2 Å². The number of halogens is 3. The highest BCUT2D eigenvalue weighted by molar-refractivity contribution is 5.25. The third kappa shape index (κ3) is 3.46. The molecular formula is C13H18F3NO. The highest BCUT2D eigenvalue weighted by Crippen LogP contribution is 2.30. The molecule has 1 aromatic rings. The van der Waals surface area contributed by atoms with E-state index in [9.17, 15) is 18.3 Å². The first-order valence-electron chi connectivity index (χ1n) is 5.77. The molecule has 0 saturated carbocycles. The summed E-state index contributed by atoms with van der Waals surface area (Å²) >= 11 is 0. The smallest absolute Gasteiger partial charge is 0.388 e. The van der Waals surface area contributed by atoms with E-state index in [1.165, 1.54) is 12.1 Å². The predicted octanol–water partition coefficient (Wildman–Crippen LogP) is 2.59. The van der Waals surface area contributed by atoms with Gasteiger partial charge in [-0.25, -0.2) is 0 Å². The van der Waals surface area contributed by atoms with E-state index in [0.717, 1.165) is 12.1 Å². The van der Waals surface area contributed by atoms with Gasteiger partial charge >= 0.3 is 6.18 Å². The molecule has 1 rings (SSSR count). The van der Waals surface area contributed by atoms with E-state index in [1.54, 1.807) is 0 Å². The van der Waals surface area contributed by atoms with Gasteiger partial charge in [0.05, 0.1) is 11.2 Å². The van der Waals surface area contributed by atoms with Crippen molar-refractivity contribution in [1.82, 2.24) is 0 Å². The second-order valence-electron chi connectivity index (χ2n) is 4.83. The van der Waals surface area contributed by atoms with Gasteiger partial charge in [-0.2, -0.15) is 13.2 Å². The number of benzene rings is 1. The third-order valence-electron chi connectivity index (χ3n) is 3.22. The fourth-order valence-corrected chi connectivity index (χ4v) is 1.68. The Kier molecular flexibility index (Phi) is 4.40. The van der Waals surface area contributed by atoms with Gasteiger partial charge in [0.1, 0.15) is 0 Å². The molecule has 0 aromatic heterocycles. The Morgan fingerprint density at radius 2 is 1.67 bits per heavy atom. The summed E-state index contributed by atoms with van der Waals surface area (Å²) in [7, 11) is 0. The Hall–Kier alpha value is -1.07. The van der Waals surface area contributed by atoms with Crippen LogP contribution in [0, 0.1) is 5.92 Å². The minimum Gasteiger partial charge on any atom is -0.388 e. The molecule has 0 fully saturated rings.